The smallest absolute Gasteiger partial charge is 0.260 e. The Balaban J connectivity index is 1.65. The molecule has 0 unspecified atom stereocenters. The number of hydrogen-bond acceptors (Lipinski definition) is 3. The molecular weight excluding hydrogens is 306 g/mol. The molecule has 2 N–H and O–H groups in total. The number of quaternary nitrogens is 1. The number of hydrogen-bond donors (Lipinski definition) is 2. The van der Waals surface area contributed by atoms with E-state index in [9.17, 15) is 4.79 Å². The van der Waals surface area contributed by atoms with Crippen molar-refractivity contribution in [1.82, 2.24) is 9.97 Å². The maximum Gasteiger partial charge on any atom is 0.260 e. The van der Waals surface area contributed by atoms with E-state index in [-0.39, 0.29) is 5.56 Å². The summed E-state index contributed by atoms with van der Waals surface area (Å²) in [4.78, 5) is 24.4. The third-order valence-corrected chi connectivity index (χ3v) is 6.56. The van der Waals surface area contributed by atoms with E-state index in [1.165, 1.54) is 42.8 Å². The van der Waals surface area contributed by atoms with Gasteiger partial charge in [-0.3, -0.25) is 4.79 Å². The predicted molar refractivity (Wildman–Crippen MR) is 94.2 cm³/mol. The van der Waals surface area contributed by atoms with Gasteiger partial charge in [-0.1, -0.05) is 13.8 Å². The highest BCUT2D eigenvalue weighted by Crippen LogP contribution is 2.33. The average molecular weight is 332 g/mol. The van der Waals surface area contributed by atoms with Crippen LogP contribution in [-0.2, 0) is 19.4 Å². The number of aromatic amines is 1. The Morgan fingerprint density at radius 3 is 2.74 bits per heavy atom. The molecule has 0 aromatic carbocycles. The molecule has 0 bridgehead atoms. The first-order valence-corrected chi connectivity index (χ1v) is 9.79. The minimum Gasteiger partial charge on any atom is -0.328 e. The summed E-state index contributed by atoms with van der Waals surface area (Å²) < 4.78 is 0. The van der Waals surface area contributed by atoms with Gasteiger partial charge in [-0.15, -0.1) is 11.3 Å². The second-order valence-corrected chi connectivity index (χ2v) is 8.77. The number of thiophene rings is 1. The Labute approximate surface area is 140 Å². The number of aromatic nitrogens is 2. The molecule has 1 aliphatic heterocycles. The van der Waals surface area contributed by atoms with Crippen molar-refractivity contribution >= 4 is 21.6 Å². The van der Waals surface area contributed by atoms with Crippen LogP contribution in [0, 0.1) is 11.8 Å². The highest BCUT2D eigenvalue weighted by Gasteiger charge is 2.26. The molecule has 2 aromatic heterocycles. The molecule has 1 saturated heterocycles. The van der Waals surface area contributed by atoms with Crippen molar-refractivity contribution in [3.05, 3.63) is 26.6 Å². The van der Waals surface area contributed by atoms with E-state index in [0.29, 0.717) is 0 Å². The Hall–Kier alpha value is -1.20. The average Bonchev–Trinajstić information content (AvgIpc) is 2.84. The Bertz CT molecular complexity index is 768. The number of nitrogens with zero attached hydrogens (tertiary/aromatic N) is 1. The summed E-state index contributed by atoms with van der Waals surface area (Å²) in [6.45, 7) is 7.90. The molecule has 2 aromatic rings. The monoisotopic (exact) mass is 332 g/mol. The van der Waals surface area contributed by atoms with Crippen LogP contribution in [-0.4, -0.2) is 23.1 Å². The van der Waals surface area contributed by atoms with E-state index < -0.39 is 0 Å². The number of likely N-dealkylation sites (tertiary alicyclic amines) is 1. The number of piperidine rings is 1. The lowest BCUT2D eigenvalue weighted by Crippen LogP contribution is -3.13. The highest BCUT2D eigenvalue weighted by atomic mass is 32.1. The summed E-state index contributed by atoms with van der Waals surface area (Å²) in [6, 6.07) is 0. The first-order chi connectivity index (χ1) is 11.1. The number of aryl methyl sites for hydroxylation is 2. The first-order valence-electron chi connectivity index (χ1n) is 8.97. The predicted octanol–water partition coefficient (Wildman–Crippen LogP) is 1.92. The Morgan fingerprint density at radius 1 is 1.22 bits per heavy atom. The lowest BCUT2D eigenvalue weighted by molar-refractivity contribution is -0.926. The summed E-state index contributed by atoms with van der Waals surface area (Å²) in [7, 11) is 0. The molecule has 124 valence electrons. The van der Waals surface area contributed by atoms with E-state index in [1.54, 1.807) is 16.2 Å². The maximum absolute atomic E-state index is 12.6. The molecule has 0 spiro atoms. The van der Waals surface area contributed by atoms with Gasteiger partial charge in [0.25, 0.3) is 5.56 Å². The Kier molecular flexibility index (Phi) is 4.01. The molecule has 1 fully saturated rings. The fraction of sp³-hybridized carbons (Fsp3) is 0.667. The fourth-order valence-electron chi connectivity index (χ4n) is 4.60. The molecule has 0 amide bonds. The van der Waals surface area contributed by atoms with Gasteiger partial charge in [0.1, 0.15) is 11.4 Å². The third-order valence-electron chi connectivity index (χ3n) is 5.37. The van der Waals surface area contributed by atoms with Gasteiger partial charge in [0.2, 0.25) is 0 Å². The van der Waals surface area contributed by atoms with Gasteiger partial charge >= 0.3 is 0 Å². The number of rotatable bonds is 2. The van der Waals surface area contributed by atoms with Gasteiger partial charge in [0.15, 0.2) is 5.82 Å². The number of nitrogens with one attached hydrogen (secondary N) is 2. The molecule has 5 heteroatoms. The van der Waals surface area contributed by atoms with Gasteiger partial charge in [-0.05, 0) is 37.7 Å². The van der Waals surface area contributed by atoms with Crippen LogP contribution in [0.2, 0.25) is 0 Å². The van der Waals surface area contributed by atoms with Crippen LogP contribution < -0.4 is 10.5 Å². The summed E-state index contributed by atoms with van der Waals surface area (Å²) in [6.07, 6.45) is 5.94. The molecule has 2 atom stereocenters. The van der Waals surface area contributed by atoms with E-state index in [2.05, 4.69) is 18.8 Å². The van der Waals surface area contributed by atoms with Crippen molar-refractivity contribution in [2.24, 2.45) is 11.8 Å². The van der Waals surface area contributed by atoms with Crippen LogP contribution in [0.3, 0.4) is 0 Å². The van der Waals surface area contributed by atoms with E-state index >= 15 is 0 Å². The fourth-order valence-corrected chi connectivity index (χ4v) is 5.88. The normalized spacial score (nSPS) is 28.0. The lowest BCUT2D eigenvalue weighted by Gasteiger charge is -2.31. The minimum atomic E-state index is 0.0851. The minimum absolute atomic E-state index is 0.0851. The number of fused-ring (bicyclic) bond motifs is 3. The van der Waals surface area contributed by atoms with E-state index in [0.717, 1.165) is 47.3 Å². The molecule has 2 aliphatic rings. The van der Waals surface area contributed by atoms with Gasteiger partial charge < -0.3 is 9.88 Å². The SMILES string of the molecule is C[C@H]1C[C@H](C)C[NH+](Cc2nc3sc4c(c3c(=O)[nH]2)CCCC4)C1. The van der Waals surface area contributed by atoms with Crippen LogP contribution in [0.15, 0.2) is 4.79 Å². The van der Waals surface area contributed by atoms with Crippen molar-refractivity contribution in [1.29, 1.82) is 0 Å². The molecule has 4 rings (SSSR count). The first kappa shape index (κ1) is 15.3. The standard InChI is InChI=1S/C18H25N3OS/c1-11-7-12(2)9-21(8-11)10-15-19-17(22)16-13-5-3-4-6-14(13)23-18(16)20-15/h11-12H,3-10H2,1-2H3,(H,19,20,22)/p+1/t11-,12-/m0/s1. The van der Waals surface area contributed by atoms with Crippen molar-refractivity contribution < 1.29 is 4.90 Å². The zero-order chi connectivity index (χ0) is 16.0. The maximum atomic E-state index is 12.6. The number of H-pyrrole nitrogens is 1. The topological polar surface area (TPSA) is 50.2 Å². The van der Waals surface area contributed by atoms with Crippen LogP contribution in [0.5, 0.6) is 0 Å². The summed E-state index contributed by atoms with van der Waals surface area (Å²) in [5.41, 5.74) is 1.37. The van der Waals surface area contributed by atoms with Gasteiger partial charge in [0, 0.05) is 16.7 Å². The van der Waals surface area contributed by atoms with Crippen molar-refractivity contribution in [3.8, 4) is 0 Å². The van der Waals surface area contributed by atoms with Gasteiger partial charge in [-0.2, -0.15) is 0 Å². The second-order valence-electron chi connectivity index (χ2n) is 7.68. The lowest BCUT2D eigenvalue weighted by atomic mass is 9.92. The molecule has 3 heterocycles. The molecule has 1 aliphatic carbocycles. The Morgan fingerprint density at radius 2 is 1.96 bits per heavy atom. The van der Waals surface area contributed by atoms with Crippen LogP contribution >= 0.6 is 11.3 Å². The molecular formula is C18H26N3OS+. The summed E-state index contributed by atoms with van der Waals surface area (Å²) in [5, 5.41) is 0.879. The summed E-state index contributed by atoms with van der Waals surface area (Å²) >= 11 is 1.75. The van der Waals surface area contributed by atoms with Crippen molar-refractivity contribution in [2.75, 3.05) is 13.1 Å². The van der Waals surface area contributed by atoms with Gasteiger partial charge in [0.05, 0.1) is 18.5 Å². The molecule has 0 radical (unpaired) electrons. The van der Waals surface area contributed by atoms with Gasteiger partial charge in [-0.25, -0.2) is 4.98 Å². The zero-order valence-electron chi connectivity index (χ0n) is 14.1. The van der Waals surface area contributed by atoms with Crippen molar-refractivity contribution in [2.45, 2.75) is 52.5 Å². The zero-order valence-corrected chi connectivity index (χ0v) is 14.9. The van der Waals surface area contributed by atoms with Crippen LogP contribution in [0.1, 0.15) is 49.4 Å². The highest BCUT2D eigenvalue weighted by molar-refractivity contribution is 7.18. The van der Waals surface area contributed by atoms with Crippen molar-refractivity contribution in [3.63, 3.8) is 0 Å². The quantitative estimate of drug-likeness (QED) is 0.883. The second kappa shape index (κ2) is 6.02. The third kappa shape index (κ3) is 2.96. The van der Waals surface area contributed by atoms with Crippen LogP contribution in [0.4, 0.5) is 0 Å². The molecule has 23 heavy (non-hydrogen) atoms. The molecule has 4 nitrogen and oxygen atoms in total. The van der Waals surface area contributed by atoms with Crippen LogP contribution in [0.25, 0.3) is 10.2 Å². The van der Waals surface area contributed by atoms with E-state index in [1.807, 2.05) is 0 Å². The van der Waals surface area contributed by atoms with E-state index in [4.69, 9.17) is 4.98 Å². The summed E-state index contributed by atoms with van der Waals surface area (Å²) in [5.74, 6) is 2.40. The molecule has 0 saturated carbocycles. The largest absolute Gasteiger partial charge is 0.328 e.